The number of hydrogen-bond acceptors (Lipinski definition) is 2. The van der Waals surface area contributed by atoms with Crippen molar-refractivity contribution in [2.75, 3.05) is 13.7 Å². The topological polar surface area (TPSA) is 46.5 Å². The van der Waals surface area contributed by atoms with E-state index in [1.165, 1.54) is 0 Å². The zero-order chi connectivity index (χ0) is 10.6. The Kier molecular flexibility index (Phi) is 9.64. The maximum absolute atomic E-state index is 10.2. The number of unbranched alkanes of at least 4 members (excludes halogenated alkanes) is 4. The maximum Gasteiger partial charge on any atom is 0.303 e. The maximum atomic E-state index is 10.2. The molecule has 0 radical (unpaired) electrons. The van der Waals surface area contributed by atoms with Crippen molar-refractivity contribution >= 4 is 5.97 Å². The van der Waals surface area contributed by atoms with Crippen LogP contribution in [-0.2, 0) is 9.53 Å². The fourth-order valence-corrected chi connectivity index (χ4v) is 1.17. The Labute approximate surface area is 85.8 Å². The SMILES string of the molecule is COC/C=C/CCCCCCC(=O)O. The molecule has 3 heteroatoms. The van der Waals surface area contributed by atoms with Crippen molar-refractivity contribution in [3.63, 3.8) is 0 Å². The Morgan fingerprint density at radius 3 is 2.57 bits per heavy atom. The van der Waals surface area contributed by atoms with Crippen LogP contribution in [0, 0.1) is 0 Å². The van der Waals surface area contributed by atoms with Crippen LogP contribution in [0.4, 0.5) is 0 Å². The molecular formula is C11H20O3. The molecule has 14 heavy (non-hydrogen) atoms. The zero-order valence-electron chi connectivity index (χ0n) is 8.87. The van der Waals surface area contributed by atoms with Gasteiger partial charge >= 0.3 is 5.97 Å². The lowest BCUT2D eigenvalue weighted by Gasteiger charge is -1.96. The zero-order valence-corrected chi connectivity index (χ0v) is 8.87. The highest BCUT2D eigenvalue weighted by atomic mass is 16.5. The van der Waals surface area contributed by atoms with E-state index in [9.17, 15) is 4.79 Å². The van der Waals surface area contributed by atoms with Crippen LogP contribution in [0.2, 0.25) is 0 Å². The van der Waals surface area contributed by atoms with Gasteiger partial charge in [-0.25, -0.2) is 0 Å². The van der Waals surface area contributed by atoms with Crippen molar-refractivity contribution < 1.29 is 14.6 Å². The fraction of sp³-hybridized carbons (Fsp3) is 0.727. The van der Waals surface area contributed by atoms with Crippen molar-refractivity contribution in [1.82, 2.24) is 0 Å². The van der Waals surface area contributed by atoms with Gasteiger partial charge < -0.3 is 9.84 Å². The second-order valence-corrected chi connectivity index (χ2v) is 3.27. The van der Waals surface area contributed by atoms with Gasteiger partial charge in [0, 0.05) is 13.5 Å². The predicted molar refractivity (Wildman–Crippen MR) is 56.4 cm³/mol. The normalized spacial score (nSPS) is 10.9. The summed E-state index contributed by atoms with van der Waals surface area (Å²) in [6, 6.07) is 0. The van der Waals surface area contributed by atoms with Crippen LogP contribution in [0.3, 0.4) is 0 Å². The van der Waals surface area contributed by atoms with Crippen molar-refractivity contribution in [3.8, 4) is 0 Å². The molecule has 0 aromatic heterocycles. The fourth-order valence-electron chi connectivity index (χ4n) is 1.17. The first-order chi connectivity index (χ1) is 6.77. The van der Waals surface area contributed by atoms with Gasteiger partial charge in [-0.2, -0.15) is 0 Å². The standard InChI is InChI=1S/C11H20O3/c1-14-10-8-6-4-2-3-5-7-9-11(12)13/h6,8H,2-5,7,9-10H2,1H3,(H,12,13)/b8-6+. The van der Waals surface area contributed by atoms with Crippen molar-refractivity contribution in [2.24, 2.45) is 0 Å². The summed E-state index contributed by atoms with van der Waals surface area (Å²) >= 11 is 0. The molecule has 0 aromatic carbocycles. The van der Waals surface area contributed by atoms with E-state index >= 15 is 0 Å². The molecule has 0 spiro atoms. The first-order valence-corrected chi connectivity index (χ1v) is 5.13. The van der Waals surface area contributed by atoms with Crippen molar-refractivity contribution in [3.05, 3.63) is 12.2 Å². The Balaban J connectivity index is 3.02. The van der Waals surface area contributed by atoms with Crippen LogP contribution in [0.5, 0.6) is 0 Å². The van der Waals surface area contributed by atoms with Crippen molar-refractivity contribution in [2.45, 2.75) is 38.5 Å². The third-order valence-corrected chi connectivity index (χ3v) is 1.94. The summed E-state index contributed by atoms with van der Waals surface area (Å²) in [6.07, 6.45) is 9.57. The van der Waals surface area contributed by atoms with Gasteiger partial charge in [0.25, 0.3) is 0 Å². The number of rotatable bonds is 9. The summed E-state index contributed by atoms with van der Waals surface area (Å²) in [5.41, 5.74) is 0. The van der Waals surface area contributed by atoms with Crippen LogP contribution < -0.4 is 0 Å². The predicted octanol–water partition coefficient (Wildman–Crippen LogP) is 2.61. The molecule has 0 amide bonds. The first kappa shape index (κ1) is 13.2. The number of carboxylic acid groups (broad SMARTS) is 1. The molecule has 0 unspecified atom stereocenters. The van der Waals surface area contributed by atoms with E-state index in [0.717, 1.165) is 32.1 Å². The molecule has 0 heterocycles. The van der Waals surface area contributed by atoms with Gasteiger partial charge in [0.05, 0.1) is 6.61 Å². The van der Waals surface area contributed by atoms with Gasteiger partial charge in [0.15, 0.2) is 0 Å². The third-order valence-electron chi connectivity index (χ3n) is 1.94. The summed E-state index contributed by atoms with van der Waals surface area (Å²) < 4.78 is 4.86. The minimum absolute atomic E-state index is 0.305. The molecule has 0 aliphatic rings. The van der Waals surface area contributed by atoms with E-state index in [-0.39, 0.29) is 0 Å². The monoisotopic (exact) mass is 200 g/mol. The quantitative estimate of drug-likeness (QED) is 0.459. The molecule has 0 atom stereocenters. The number of ether oxygens (including phenoxy) is 1. The summed E-state index contributed by atoms with van der Waals surface area (Å²) in [5.74, 6) is -0.690. The summed E-state index contributed by atoms with van der Waals surface area (Å²) in [4.78, 5) is 10.2. The Bertz CT molecular complexity index is 164. The molecule has 0 saturated heterocycles. The van der Waals surface area contributed by atoms with Crippen molar-refractivity contribution in [1.29, 1.82) is 0 Å². The average Bonchev–Trinajstić information content (AvgIpc) is 2.15. The second-order valence-electron chi connectivity index (χ2n) is 3.27. The molecule has 0 aliphatic carbocycles. The highest BCUT2D eigenvalue weighted by Gasteiger charge is 1.95. The third kappa shape index (κ3) is 11.2. The van der Waals surface area contributed by atoms with E-state index < -0.39 is 5.97 Å². The molecule has 0 bridgehead atoms. The minimum atomic E-state index is -0.690. The number of carboxylic acids is 1. The molecule has 1 N–H and O–H groups in total. The Morgan fingerprint density at radius 2 is 1.93 bits per heavy atom. The van der Waals surface area contributed by atoms with Gasteiger partial charge in [-0.15, -0.1) is 0 Å². The average molecular weight is 200 g/mol. The molecule has 3 nitrogen and oxygen atoms in total. The van der Waals surface area contributed by atoms with E-state index in [1.807, 2.05) is 6.08 Å². The minimum Gasteiger partial charge on any atom is -0.481 e. The molecule has 0 fully saturated rings. The summed E-state index contributed by atoms with van der Waals surface area (Å²) in [7, 11) is 1.68. The number of allylic oxidation sites excluding steroid dienone is 1. The number of aliphatic carboxylic acids is 1. The lowest BCUT2D eigenvalue weighted by atomic mass is 10.1. The summed E-state index contributed by atoms with van der Waals surface area (Å²) in [5, 5.41) is 8.39. The molecule has 0 saturated carbocycles. The van der Waals surface area contributed by atoms with Gasteiger partial charge in [0.2, 0.25) is 0 Å². The molecule has 0 rings (SSSR count). The first-order valence-electron chi connectivity index (χ1n) is 5.13. The molecule has 82 valence electrons. The van der Waals surface area contributed by atoms with E-state index in [0.29, 0.717) is 13.0 Å². The number of carbonyl (C=O) groups is 1. The highest BCUT2D eigenvalue weighted by Crippen LogP contribution is 2.05. The largest absolute Gasteiger partial charge is 0.481 e. The van der Waals surface area contributed by atoms with Crippen LogP contribution in [0.25, 0.3) is 0 Å². The van der Waals surface area contributed by atoms with Gasteiger partial charge in [-0.05, 0) is 19.3 Å². The van der Waals surface area contributed by atoms with Crippen LogP contribution in [0.15, 0.2) is 12.2 Å². The molecular weight excluding hydrogens is 180 g/mol. The smallest absolute Gasteiger partial charge is 0.303 e. The lowest BCUT2D eigenvalue weighted by Crippen LogP contribution is -1.93. The van der Waals surface area contributed by atoms with Crippen LogP contribution in [-0.4, -0.2) is 24.8 Å². The van der Waals surface area contributed by atoms with Crippen LogP contribution in [0.1, 0.15) is 38.5 Å². The molecule has 0 aliphatic heterocycles. The van der Waals surface area contributed by atoms with Gasteiger partial charge in [-0.1, -0.05) is 25.0 Å². The second kappa shape index (κ2) is 10.3. The van der Waals surface area contributed by atoms with Gasteiger partial charge in [-0.3, -0.25) is 4.79 Å². The summed E-state index contributed by atoms with van der Waals surface area (Å²) in [6.45, 7) is 0.680. The number of hydrogen-bond donors (Lipinski definition) is 1. The lowest BCUT2D eigenvalue weighted by molar-refractivity contribution is -0.137. The Morgan fingerprint density at radius 1 is 1.21 bits per heavy atom. The van der Waals surface area contributed by atoms with Gasteiger partial charge in [0.1, 0.15) is 0 Å². The number of methoxy groups -OCH3 is 1. The van der Waals surface area contributed by atoms with E-state index in [2.05, 4.69) is 6.08 Å². The Hall–Kier alpha value is -0.830. The van der Waals surface area contributed by atoms with E-state index in [4.69, 9.17) is 9.84 Å². The van der Waals surface area contributed by atoms with Crippen LogP contribution >= 0.6 is 0 Å². The van der Waals surface area contributed by atoms with E-state index in [1.54, 1.807) is 7.11 Å². The highest BCUT2D eigenvalue weighted by molar-refractivity contribution is 5.66. The molecule has 0 aromatic rings.